The summed E-state index contributed by atoms with van der Waals surface area (Å²) in [4.78, 5) is 12.2. The van der Waals surface area contributed by atoms with Gasteiger partial charge >= 0.3 is 0 Å². The summed E-state index contributed by atoms with van der Waals surface area (Å²) in [5, 5.41) is 5.09. The number of carbonyl (C=O) groups is 1. The van der Waals surface area contributed by atoms with E-state index in [1.165, 1.54) is 5.56 Å². The molecule has 2 aromatic rings. The van der Waals surface area contributed by atoms with Gasteiger partial charge in [0.2, 0.25) is 5.91 Å². The number of hydrogen-bond acceptors (Lipinski definition) is 1. The first-order valence-electron chi connectivity index (χ1n) is 8.51. The summed E-state index contributed by atoms with van der Waals surface area (Å²) in [6, 6.07) is 13.7. The van der Waals surface area contributed by atoms with Gasteiger partial charge in [-0.15, -0.1) is 0 Å². The third kappa shape index (κ3) is 3.28. The molecule has 2 nitrogen and oxygen atoms in total. The molecule has 1 N–H and O–H groups in total. The number of rotatable bonds is 2. The number of fused-ring (bicyclic) bond motifs is 1. The molecule has 0 radical (unpaired) electrons. The summed E-state index contributed by atoms with van der Waals surface area (Å²) in [5.74, 6) is 1.14. The first-order valence-corrected chi connectivity index (χ1v) is 9.64. The Morgan fingerprint density at radius 3 is 2.28 bits per heavy atom. The molecule has 1 aliphatic heterocycles. The molecule has 130 valence electrons. The van der Waals surface area contributed by atoms with Crippen LogP contribution in [0, 0.1) is 11.8 Å². The molecule has 1 saturated carbocycles. The van der Waals surface area contributed by atoms with Gasteiger partial charge in [0.25, 0.3) is 0 Å². The maximum atomic E-state index is 12.2. The number of amides is 1. The van der Waals surface area contributed by atoms with Crippen molar-refractivity contribution in [3.63, 3.8) is 0 Å². The van der Waals surface area contributed by atoms with Crippen LogP contribution >= 0.6 is 34.8 Å². The van der Waals surface area contributed by atoms with E-state index in [-0.39, 0.29) is 23.7 Å². The minimum Gasteiger partial charge on any atom is -0.356 e. The molecule has 1 heterocycles. The van der Waals surface area contributed by atoms with E-state index < -0.39 is 0 Å². The highest BCUT2D eigenvalue weighted by Gasteiger charge is 2.45. The number of benzene rings is 2. The molecule has 2 aliphatic rings. The Kier molecular flexibility index (Phi) is 4.70. The number of nitrogens with one attached hydrogen (secondary N) is 1. The molecule has 4 atom stereocenters. The smallest absolute Gasteiger partial charge is 0.223 e. The van der Waals surface area contributed by atoms with Gasteiger partial charge in [0.15, 0.2) is 0 Å². The lowest BCUT2D eigenvalue weighted by molar-refractivity contribution is -0.123. The predicted octanol–water partition coefficient (Wildman–Crippen LogP) is 5.67. The lowest BCUT2D eigenvalue weighted by Crippen LogP contribution is -2.30. The van der Waals surface area contributed by atoms with Crippen molar-refractivity contribution in [2.24, 2.45) is 11.8 Å². The minimum absolute atomic E-state index is 0.0861. The topological polar surface area (TPSA) is 29.1 Å². The zero-order valence-corrected chi connectivity index (χ0v) is 15.8. The second-order valence-electron chi connectivity index (χ2n) is 7.01. The van der Waals surface area contributed by atoms with E-state index in [1.54, 1.807) is 0 Å². The van der Waals surface area contributed by atoms with Crippen molar-refractivity contribution in [3.8, 4) is 0 Å². The van der Waals surface area contributed by atoms with Crippen LogP contribution in [0.2, 0.25) is 15.1 Å². The molecular formula is C20H18Cl3NO. The largest absolute Gasteiger partial charge is 0.356 e. The Morgan fingerprint density at radius 2 is 1.56 bits per heavy atom. The Hall–Kier alpha value is -1.22. The van der Waals surface area contributed by atoms with Crippen molar-refractivity contribution in [3.05, 3.63) is 68.7 Å². The van der Waals surface area contributed by atoms with Gasteiger partial charge < -0.3 is 5.32 Å². The number of halogens is 3. The quantitative estimate of drug-likeness (QED) is 0.698. The monoisotopic (exact) mass is 393 g/mol. The van der Waals surface area contributed by atoms with Crippen molar-refractivity contribution < 1.29 is 4.79 Å². The molecule has 25 heavy (non-hydrogen) atoms. The fraction of sp³-hybridized carbons (Fsp3) is 0.350. The van der Waals surface area contributed by atoms with Crippen molar-refractivity contribution in [1.29, 1.82) is 0 Å². The van der Waals surface area contributed by atoms with E-state index in [1.807, 2.05) is 30.3 Å². The molecule has 5 heteroatoms. The molecule has 4 rings (SSSR count). The van der Waals surface area contributed by atoms with E-state index >= 15 is 0 Å². The molecule has 0 unspecified atom stereocenters. The van der Waals surface area contributed by atoms with Crippen LogP contribution in [-0.4, -0.2) is 12.5 Å². The molecule has 1 amide bonds. The van der Waals surface area contributed by atoms with Gasteiger partial charge in [0.05, 0.1) is 0 Å². The predicted molar refractivity (Wildman–Crippen MR) is 103 cm³/mol. The molecule has 0 spiro atoms. The van der Waals surface area contributed by atoms with Crippen LogP contribution in [0.3, 0.4) is 0 Å². The molecule has 0 aromatic heterocycles. The third-order valence-electron chi connectivity index (χ3n) is 5.65. The fourth-order valence-electron chi connectivity index (χ4n) is 4.42. The first kappa shape index (κ1) is 17.2. The van der Waals surface area contributed by atoms with Gasteiger partial charge in [-0.3, -0.25) is 4.79 Å². The average Bonchev–Trinajstić information content (AvgIpc) is 2.95. The Bertz CT molecular complexity index is 805. The van der Waals surface area contributed by atoms with E-state index in [0.717, 1.165) is 30.0 Å². The van der Waals surface area contributed by atoms with Crippen LogP contribution in [0.25, 0.3) is 0 Å². The van der Waals surface area contributed by atoms with E-state index in [9.17, 15) is 4.79 Å². The highest BCUT2D eigenvalue weighted by atomic mass is 35.5. The van der Waals surface area contributed by atoms with Crippen LogP contribution in [0.5, 0.6) is 0 Å². The highest BCUT2D eigenvalue weighted by molar-refractivity contribution is 6.35. The van der Waals surface area contributed by atoms with Gasteiger partial charge in [-0.1, -0.05) is 53.0 Å². The molecule has 2 fully saturated rings. The van der Waals surface area contributed by atoms with Crippen molar-refractivity contribution in [1.82, 2.24) is 5.32 Å². The third-order valence-corrected chi connectivity index (χ3v) is 6.47. The van der Waals surface area contributed by atoms with Gasteiger partial charge in [0.1, 0.15) is 0 Å². The van der Waals surface area contributed by atoms with Crippen molar-refractivity contribution in [2.75, 3.05) is 6.54 Å². The highest BCUT2D eigenvalue weighted by Crippen LogP contribution is 2.51. The summed E-state index contributed by atoms with van der Waals surface area (Å²) in [7, 11) is 0. The Balaban J connectivity index is 1.75. The van der Waals surface area contributed by atoms with E-state index in [4.69, 9.17) is 34.8 Å². The van der Waals surface area contributed by atoms with Crippen LogP contribution in [0.15, 0.2) is 42.5 Å². The lowest BCUT2D eigenvalue weighted by Gasteiger charge is -2.38. The number of carbonyl (C=O) groups excluding carboxylic acids is 1. The maximum absolute atomic E-state index is 12.2. The summed E-state index contributed by atoms with van der Waals surface area (Å²) in [5.41, 5.74) is 2.32. The summed E-state index contributed by atoms with van der Waals surface area (Å²) in [6.45, 7) is 0.762. The zero-order chi connectivity index (χ0) is 17.6. The second-order valence-corrected chi connectivity index (χ2v) is 8.29. The number of hydrogen-bond donors (Lipinski definition) is 1. The van der Waals surface area contributed by atoms with Crippen LogP contribution < -0.4 is 5.32 Å². The lowest BCUT2D eigenvalue weighted by atomic mass is 9.65. The minimum atomic E-state index is 0.0861. The molecule has 2 aromatic carbocycles. The van der Waals surface area contributed by atoms with Crippen LogP contribution in [-0.2, 0) is 4.79 Å². The van der Waals surface area contributed by atoms with Crippen molar-refractivity contribution in [2.45, 2.75) is 24.7 Å². The standard InChI is InChI=1S/C20H18Cl3NO/c21-13-3-1-11(2-4-13)16-9-17-12(10-24-20(17)25)7-18(16)15-6-5-14(22)8-19(15)23/h1-6,8,12,16-18H,7,9-10H2,(H,24,25)/t12-,16-,17-,18+/m1/s1. The van der Waals surface area contributed by atoms with Crippen LogP contribution in [0.4, 0.5) is 0 Å². The SMILES string of the molecule is O=C1NC[C@H]2C[C@@H](c3ccc(Cl)cc3Cl)[C@@H](c3ccc(Cl)cc3)C[C@@H]12. The Morgan fingerprint density at radius 1 is 0.840 bits per heavy atom. The Labute approximate surface area is 162 Å². The summed E-state index contributed by atoms with van der Waals surface area (Å²) < 4.78 is 0. The molecular weight excluding hydrogens is 377 g/mol. The van der Waals surface area contributed by atoms with Gasteiger partial charge in [0, 0.05) is 27.5 Å². The molecule has 0 bridgehead atoms. The summed E-state index contributed by atoms with van der Waals surface area (Å²) >= 11 is 18.7. The van der Waals surface area contributed by atoms with Gasteiger partial charge in [-0.2, -0.15) is 0 Å². The van der Waals surface area contributed by atoms with Gasteiger partial charge in [-0.25, -0.2) is 0 Å². The van der Waals surface area contributed by atoms with Crippen molar-refractivity contribution >= 4 is 40.7 Å². The van der Waals surface area contributed by atoms with Gasteiger partial charge in [-0.05, 0) is 66.0 Å². The maximum Gasteiger partial charge on any atom is 0.223 e. The average molecular weight is 395 g/mol. The zero-order valence-electron chi connectivity index (χ0n) is 13.5. The summed E-state index contributed by atoms with van der Waals surface area (Å²) in [6.07, 6.45) is 1.78. The second kappa shape index (κ2) is 6.83. The molecule has 1 aliphatic carbocycles. The van der Waals surface area contributed by atoms with E-state index in [0.29, 0.717) is 16.0 Å². The molecule has 1 saturated heterocycles. The fourth-order valence-corrected chi connectivity index (χ4v) is 5.09. The normalized spacial score (nSPS) is 28.5. The first-order chi connectivity index (χ1) is 12.0. The van der Waals surface area contributed by atoms with E-state index in [2.05, 4.69) is 17.4 Å². The van der Waals surface area contributed by atoms with Crippen LogP contribution in [0.1, 0.15) is 35.8 Å².